The van der Waals surface area contributed by atoms with Crippen molar-refractivity contribution in [3.8, 4) is 5.75 Å². The molecule has 1 fully saturated rings. The van der Waals surface area contributed by atoms with Crippen LogP contribution >= 0.6 is 0 Å². The van der Waals surface area contributed by atoms with Gasteiger partial charge in [-0.15, -0.1) is 0 Å². The highest BCUT2D eigenvalue weighted by Crippen LogP contribution is 2.31. The second-order valence-electron chi connectivity index (χ2n) is 7.52. The van der Waals surface area contributed by atoms with Gasteiger partial charge in [0.15, 0.2) is 0 Å². The summed E-state index contributed by atoms with van der Waals surface area (Å²) in [7, 11) is -1.48. The first-order valence-electron chi connectivity index (χ1n) is 9.84. The zero-order valence-corrected chi connectivity index (χ0v) is 16.7. The van der Waals surface area contributed by atoms with Gasteiger partial charge in [-0.25, -0.2) is 13.6 Å². The monoisotopic (exact) mass is 426 g/mol. The van der Waals surface area contributed by atoms with Crippen LogP contribution in [0.4, 0.5) is 8.78 Å². The van der Waals surface area contributed by atoms with Crippen molar-refractivity contribution in [1.29, 1.82) is 0 Å². The summed E-state index contributed by atoms with van der Waals surface area (Å²) in [4.78, 5) is 26.4. The third-order valence-corrected chi connectivity index (χ3v) is 4.90. The predicted molar refractivity (Wildman–Crippen MR) is 103 cm³/mol. The number of alkyl halides is 2. The molecular weight excluding hydrogens is 401 g/mol. The van der Waals surface area contributed by atoms with Crippen LogP contribution in [-0.4, -0.2) is 80.2 Å². The molecule has 11 heteroatoms. The number of carbonyl (C=O) groups excluding carboxylic acids is 2. The molecule has 0 unspecified atom stereocenters. The van der Waals surface area contributed by atoms with E-state index in [1.165, 1.54) is 6.07 Å². The number of fused-ring (bicyclic) bond motifs is 1. The fraction of sp³-hybridized carbons (Fsp3) is 0.579. The molecule has 3 rings (SSSR count). The summed E-state index contributed by atoms with van der Waals surface area (Å²) in [6.07, 6.45) is -0.856. The minimum absolute atomic E-state index is 0.131. The molecule has 0 bridgehead atoms. The van der Waals surface area contributed by atoms with Crippen LogP contribution in [0.2, 0.25) is 0 Å². The Kier molecular flexibility index (Phi) is 7.27. The average molecular weight is 426 g/mol. The van der Waals surface area contributed by atoms with Gasteiger partial charge in [-0.3, -0.25) is 9.69 Å². The fourth-order valence-corrected chi connectivity index (χ4v) is 3.42. The number of ether oxygens (including phenoxy) is 2. The first kappa shape index (κ1) is 22.5. The molecule has 2 heterocycles. The molecule has 1 aromatic carbocycles. The summed E-state index contributed by atoms with van der Waals surface area (Å²) in [6.45, 7) is 4.31. The molecule has 1 saturated heterocycles. The highest BCUT2D eigenvalue weighted by atomic mass is 19.3. The molecule has 164 valence electrons. The molecular formula is C19H25BF2N2O6. The van der Waals surface area contributed by atoms with Crippen molar-refractivity contribution >= 4 is 19.0 Å². The van der Waals surface area contributed by atoms with Gasteiger partial charge in [-0.05, 0) is 25.0 Å². The topological polar surface area (TPSA) is 97.3 Å². The van der Waals surface area contributed by atoms with E-state index in [0.717, 1.165) is 13.1 Å². The lowest BCUT2D eigenvalue weighted by atomic mass is 9.72. The van der Waals surface area contributed by atoms with E-state index in [9.17, 15) is 23.4 Å². The summed E-state index contributed by atoms with van der Waals surface area (Å²) >= 11 is 0. The molecule has 1 amide bonds. The number of amides is 1. The maximum atomic E-state index is 13.0. The van der Waals surface area contributed by atoms with Crippen LogP contribution in [0.5, 0.6) is 5.75 Å². The Morgan fingerprint density at radius 2 is 2.10 bits per heavy atom. The van der Waals surface area contributed by atoms with Gasteiger partial charge in [-0.2, -0.15) is 0 Å². The molecule has 0 aromatic heterocycles. The van der Waals surface area contributed by atoms with Crippen molar-refractivity contribution < 1.29 is 37.5 Å². The smallest absolute Gasteiger partial charge is 0.534 e. The van der Waals surface area contributed by atoms with Crippen molar-refractivity contribution in [2.45, 2.75) is 31.6 Å². The quantitative estimate of drug-likeness (QED) is 0.489. The van der Waals surface area contributed by atoms with Gasteiger partial charge < -0.3 is 24.5 Å². The Morgan fingerprint density at radius 3 is 2.80 bits per heavy atom. The van der Waals surface area contributed by atoms with Gasteiger partial charge in [0.25, 0.3) is 5.92 Å². The van der Waals surface area contributed by atoms with Crippen molar-refractivity contribution in [2.24, 2.45) is 0 Å². The normalized spacial score (nSPS) is 19.6. The Morgan fingerprint density at radius 1 is 1.37 bits per heavy atom. The summed E-state index contributed by atoms with van der Waals surface area (Å²) in [5.41, 5.74) is 0.731. The Hall–Kier alpha value is -2.24. The van der Waals surface area contributed by atoms with E-state index in [1.807, 2.05) is 0 Å². The van der Waals surface area contributed by atoms with E-state index in [1.54, 1.807) is 12.1 Å². The number of benzene rings is 1. The average Bonchev–Trinajstić information content (AvgIpc) is 2.67. The van der Waals surface area contributed by atoms with E-state index in [0.29, 0.717) is 32.2 Å². The van der Waals surface area contributed by atoms with Crippen LogP contribution in [0.15, 0.2) is 18.2 Å². The summed E-state index contributed by atoms with van der Waals surface area (Å²) in [6, 6.07) is 4.84. The molecule has 1 aromatic rings. The number of nitrogens with one attached hydrogen (secondary N) is 1. The SMILES string of the molecule is CC(F)(F)CC(=O)N[C@H]1Cc2cccc(C(=O)OCCN3CCOCC3)c2OB1O. The number of hydrogen-bond donors (Lipinski definition) is 2. The van der Waals surface area contributed by atoms with Crippen LogP contribution in [0.3, 0.4) is 0 Å². The lowest BCUT2D eigenvalue weighted by molar-refractivity contribution is -0.127. The largest absolute Gasteiger partial charge is 0.547 e. The van der Waals surface area contributed by atoms with Crippen LogP contribution in [0.1, 0.15) is 29.3 Å². The Labute approximate surface area is 173 Å². The Bertz CT molecular complexity index is 770. The van der Waals surface area contributed by atoms with E-state index >= 15 is 0 Å². The number of hydrogen-bond acceptors (Lipinski definition) is 7. The molecule has 0 aliphatic carbocycles. The predicted octanol–water partition coefficient (Wildman–Crippen LogP) is 0.660. The number of nitrogens with zero attached hydrogens (tertiary/aromatic N) is 1. The number of para-hydroxylation sites is 1. The minimum atomic E-state index is -3.15. The fourth-order valence-electron chi connectivity index (χ4n) is 3.42. The van der Waals surface area contributed by atoms with Crippen molar-refractivity contribution in [2.75, 3.05) is 39.5 Å². The molecule has 0 saturated carbocycles. The maximum absolute atomic E-state index is 13.0. The van der Waals surface area contributed by atoms with E-state index in [-0.39, 0.29) is 24.3 Å². The summed E-state index contributed by atoms with van der Waals surface area (Å²) in [5, 5.41) is 12.6. The van der Waals surface area contributed by atoms with Gasteiger partial charge in [0, 0.05) is 19.6 Å². The third-order valence-electron chi connectivity index (χ3n) is 4.90. The van der Waals surface area contributed by atoms with Crippen molar-refractivity contribution in [1.82, 2.24) is 10.2 Å². The highest BCUT2D eigenvalue weighted by Gasteiger charge is 2.39. The van der Waals surface area contributed by atoms with Gasteiger partial charge >= 0.3 is 13.1 Å². The van der Waals surface area contributed by atoms with E-state index in [4.69, 9.17) is 14.1 Å². The lowest BCUT2D eigenvalue weighted by Gasteiger charge is -2.29. The minimum Gasteiger partial charge on any atom is -0.534 e. The molecule has 8 nitrogen and oxygen atoms in total. The van der Waals surface area contributed by atoms with Gasteiger partial charge in [0.2, 0.25) is 5.91 Å². The molecule has 2 aliphatic heterocycles. The maximum Gasteiger partial charge on any atom is 0.547 e. The van der Waals surface area contributed by atoms with Gasteiger partial charge in [0.1, 0.15) is 17.9 Å². The number of carbonyl (C=O) groups is 2. The molecule has 30 heavy (non-hydrogen) atoms. The Balaban J connectivity index is 1.59. The molecule has 2 aliphatic rings. The first-order valence-corrected chi connectivity index (χ1v) is 9.84. The number of morpholine rings is 1. The van der Waals surface area contributed by atoms with Crippen LogP contribution in [0, 0.1) is 0 Å². The number of rotatable bonds is 7. The molecule has 2 N–H and O–H groups in total. The molecule has 0 spiro atoms. The highest BCUT2D eigenvalue weighted by molar-refractivity contribution is 6.47. The number of esters is 1. The van der Waals surface area contributed by atoms with E-state index < -0.39 is 37.3 Å². The second kappa shape index (κ2) is 9.72. The molecule has 0 radical (unpaired) electrons. The first-order chi connectivity index (χ1) is 14.2. The second-order valence-corrected chi connectivity index (χ2v) is 7.52. The zero-order chi connectivity index (χ0) is 21.7. The van der Waals surface area contributed by atoms with Crippen LogP contribution in [0.25, 0.3) is 0 Å². The third kappa shape index (κ3) is 6.13. The van der Waals surface area contributed by atoms with Gasteiger partial charge in [-0.1, -0.05) is 12.1 Å². The summed E-state index contributed by atoms with van der Waals surface area (Å²) in [5.74, 6) is -5.36. The van der Waals surface area contributed by atoms with Crippen LogP contribution < -0.4 is 9.97 Å². The van der Waals surface area contributed by atoms with Crippen molar-refractivity contribution in [3.05, 3.63) is 29.3 Å². The number of halogens is 2. The summed E-state index contributed by atoms with van der Waals surface area (Å²) < 4.78 is 42.1. The lowest BCUT2D eigenvalue weighted by Crippen LogP contribution is -2.53. The molecule has 1 atom stereocenters. The zero-order valence-electron chi connectivity index (χ0n) is 16.7. The van der Waals surface area contributed by atoms with Crippen LogP contribution in [-0.2, 0) is 20.7 Å². The standard InChI is InChI=1S/C19H25BF2N2O6/c1-19(21,22)12-16(25)23-15-11-13-3-2-4-14(17(13)30-20(15)27)18(26)29-10-7-24-5-8-28-9-6-24/h2-4,15,27H,5-12H2,1H3,(H,23,25)/t15-/m0/s1. The van der Waals surface area contributed by atoms with Crippen molar-refractivity contribution in [3.63, 3.8) is 0 Å². The van der Waals surface area contributed by atoms with Gasteiger partial charge in [0.05, 0.1) is 25.6 Å². The van der Waals surface area contributed by atoms with E-state index in [2.05, 4.69) is 10.2 Å².